The molecule has 0 aliphatic heterocycles. The maximum absolute atomic E-state index is 12.3. The Morgan fingerprint density at radius 3 is 2.68 bits per heavy atom. The van der Waals surface area contributed by atoms with Gasteiger partial charge in [-0.25, -0.2) is 13.1 Å². The maximum atomic E-state index is 12.3. The summed E-state index contributed by atoms with van der Waals surface area (Å²) in [5, 5.41) is 0. The molecule has 3 N–H and O–H groups in total. The van der Waals surface area contributed by atoms with Gasteiger partial charge in [0.15, 0.2) is 0 Å². The highest BCUT2D eigenvalue weighted by Crippen LogP contribution is 2.20. The van der Waals surface area contributed by atoms with Gasteiger partial charge in [-0.05, 0) is 37.5 Å². The highest BCUT2D eigenvalue weighted by atomic mass is 32.2. The molecule has 5 nitrogen and oxygen atoms in total. The minimum Gasteiger partial charge on any atom is -0.399 e. The first-order valence-corrected chi connectivity index (χ1v) is 7.78. The number of benzene rings is 1. The number of hydrogen-bond donors (Lipinski definition) is 2. The lowest BCUT2D eigenvalue weighted by atomic mass is 10.1. The lowest BCUT2D eigenvalue weighted by molar-refractivity contribution is 0.188. The number of methoxy groups -OCH3 is 1. The highest BCUT2D eigenvalue weighted by molar-refractivity contribution is 7.89. The predicted molar refractivity (Wildman–Crippen MR) is 76.5 cm³/mol. The van der Waals surface area contributed by atoms with Crippen LogP contribution in [0.2, 0.25) is 0 Å². The second kappa shape index (κ2) is 6.88. The quantitative estimate of drug-likeness (QED) is 0.745. The van der Waals surface area contributed by atoms with E-state index >= 15 is 0 Å². The molecule has 1 aromatic carbocycles. The second-order valence-electron chi connectivity index (χ2n) is 4.52. The average molecular weight is 286 g/mol. The summed E-state index contributed by atoms with van der Waals surface area (Å²) in [7, 11) is -1.95. The van der Waals surface area contributed by atoms with Crippen molar-refractivity contribution < 1.29 is 13.2 Å². The average Bonchev–Trinajstić information content (AvgIpc) is 2.35. The Bertz CT molecular complexity index is 515. The van der Waals surface area contributed by atoms with Crippen LogP contribution in [0, 0.1) is 0 Å². The van der Waals surface area contributed by atoms with Gasteiger partial charge >= 0.3 is 0 Å². The zero-order valence-electron chi connectivity index (χ0n) is 11.6. The molecule has 0 heterocycles. The fourth-order valence-corrected chi connectivity index (χ4v) is 3.42. The minimum absolute atomic E-state index is 0.184. The molecule has 0 aliphatic carbocycles. The SMILES string of the molecule is CCc1ccc(N)cc1S(=O)(=O)NC(C)CCOC. The van der Waals surface area contributed by atoms with Crippen LogP contribution < -0.4 is 10.5 Å². The molecule has 0 saturated heterocycles. The van der Waals surface area contributed by atoms with Gasteiger partial charge in [0.1, 0.15) is 0 Å². The zero-order chi connectivity index (χ0) is 14.5. The van der Waals surface area contributed by atoms with Crippen LogP contribution in [-0.2, 0) is 21.2 Å². The number of anilines is 1. The lowest BCUT2D eigenvalue weighted by Gasteiger charge is -2.16. The van der Waals surface area contributed by atoms with Crippen molar-refractivity contribution in [2.45, 2.75) is 37.6 Å². The lowest BCUT2D eigenvalue weighted by Crippen LogP contribution is -2.34. The Morgan fingerprint density at radius 1 is 1.42 bits per heavy atom. The molecule has 0 aliphatic rings. The van der Waals surface area contributed by atoms with E-state index in [4.69, 9.17) is 10.5 Å². The van der Waals surface area contributed by atoms with Crippen molar-refractivity contribution in [3.8, 4) is 0 Å². The molecule has 0 amide bonds. The molecule has 19 heavy (non-hydrogen) atoms. The van der Waals surface area contributed by atoms with Gasteiger partial charge in [0.25, 0.3) is 0 Å². The van der Waals surface area contributed by atoms with Gasteiger partial charge in [-0.3, -0.25) is 0 Å². The van der Waals surface area contributed by atoms with Gasteiger partial charge in [0.05, 0.1) is 4.90 Å². The Kier molecular flexibility index (Phi) is 5.78. The molecule has 0 spiro atoms. The van der Waals surface area contributed by atoms with E-state index in [1.165, 1.54) is 6.07 Å². The monoisotopic (exact) mass is 286 g/mol. The van der Waals surface area contributed by atoms with Crippen LogP contribution in [0.3, 0.4) is 0 Å². The van der Waals surface area contributed by atoms with E-state index in [1.54, 1.807) is 19.2 Å². The molecule has 0 aromatic heterocycles. The van der Waals surface area contributed by atoms with Crippen LogP contribution in [0.25, 0.3) is 0 Å². The standard InChI is InChI=1S/C13H22N2O3S/c1-4-11-5-6-12(14)9-13(11)19(16,17)15-10(2)7-8-18-3/h5-6,9-10,15H,4,7-8,14H2,1-3H3. The minimum atomic E-state index is -3.54. The molecule has 0 radical (unpaired) electrons. The molecule has 0 saturated carbocycles. The summed E-state index contributed by atoms with van der Waals surface area (Å²) < 4.78 is 32.2. The molecule has 1 atom stereocenters. The van der Waals surface area contributed by atoms with Crippen LogP contribution in [0.15, 0.2) is 23.1 Å². The van der Waals surface area contributed by atoms with E-state index in [9.17, 15) is 8.42 Å². The second-order valence-corrected chi connectivity index (χ2v) is 6.21. The summed E-state index contributed by atoms with van der Waals surface area (Å²) in [5.74, 6) is 0. The fourth-order valence-electron chi connectivity index (χ4n) is 1.80. The number of aryl methyl sites for hydroxylation is 1. The van der Waals surface area contributed by atoms with Crippen molar-refractivity contribution in [1.29, 1.82) is 0 Å². The van der Waals surface area contributed by atoms with E-state index in [0.717, 1.165) is 5.56 Å². The molecule has 1 aromatic rings. The van der Waals surface area contributed by atoms with E-state index < -0.39 is 10.0 Å². The third-order valence-electron chi connectivity index (χ3n) is 2.87. The van der Waals surface area contributed by atoms with E-state index in [1.807, 2.05) is 13.8 Å². The van der Waals surface area contributed by atoms with Crippen molar-refractivity contribution in [3.05, 3.63) is 23.8 Å². The van der Waals surface area contributed by atoms with Crippen molar-refractivity contribution >= 4 is 15.7 Å². The molecule has 0 fully saturated rings. The molecular weight excluding hydrogens is 264 g/mol. The Balaban J connectivity index is 2.96. The third-order valence-corrected chi connectivity index (χ3v) is 4.54. The summed E-state index contributed by atoms with van der Waals surface area (Å²) >= 11 is 0. The van der Waals surface area contributed by atoms with Gasteiger partial charge < -0.3 is 10.5 Å². The number of nitrogens with one attached hydrogen (secondary N) is 1. The fraction of sp³-hybridized carbons (Fsp3) is 0.538. The van der Waals surface area contributed by atoms with Crippen LogP contribution in [-0.4, -0.2) is 28.2 Å². The van der Waals surface area contributed by atoms with Crippen LogP contribution in [0.4, 0.5) is 5.69 Å². The summed E-state index contributed by atoms with van der Waals surface area (Å²) in [6.45, 7) is 4.24. The number of rotatable bonds is 7. The maximum Gasteiger partial charge on any atom is 0.241 e. The summed E-state index contributed by atoms with van der Waals surface area (Å²) in [5.41, 5.74) is 6.89. The van der Waals surface area contributed by atoms with Gasteiger partial charge in [-0.1, -0.05) is 13.0 Å². The summed E-state index contributed by atoms with van der Waals surface area (Å²) in [4.78, 5) is 0.263. The number of nitrogen functional groups attached to an aromatic ring is 1. The zero-order valence-corrected chi connectivity index (χ0v) is 12.5. The van der Waals surface area contributed by atoms with Crippen LogP contribution in [0.5, 0.6) is 0 Å². The smallest absolute Gasteiger partial charge is 0.241 e. The first-order valence-electron chi connectivity index (χ1n) is 6.30. The topological polar surface area (TPSA) is 81.4 Å². The van der Waals surface area contributed by atoms with E-state index in [-0.39, 0.29) is 10.9 Å². The Hall–Kier alpha value is -1.11. The molecule has 6 heteroatoms. The summed E-state index contributed by atoms with van der Waals surface area (Å²) in [6, 6.07) is 4.79. The van der Waals surface area contributed by atoms with Gasteiger partial charge in [-0.15, -0.1) is 0 Å². The van der Waals surface area contributed by atoms with E-state index in [0.29, 0.717) is 25.1 Å². The molecule has 108 valence electrons. The number of nitrogens with two attached hydrogens (primary N) is 1. The molecular formula is C13H22N2O3S. The van der Waals surface area contributed by atoms with Crippen molar-refractivity contribution in [2.24, 2.45) is 0 Å². The van der Waals surface area contributed by atoms with Crippen LogP contribution in [0.1, 0.15) is 25.8 Å². The van der Waals surface area contributed by atoms with E-state index in [2.05, 4.69) is 4.72 Å². The summed E-state index contributed by atoms with van der Waals surface area (Å²) in [6.07, 6.45) is 1.27. The largest absolute Gasteiger partial charge is 0.399 e. The highest BCUT2D eigenvalue weighted by Gasteiger charge is 2.20. The van der Waals surface area contributed by atoms with Gasteiger partial charge in [-0.2, -0.15) is 0 Å². The van der Waals surface area contributed by atoms with Crippen LogP contribution >= 0.6 is 0 Å². The Morgan fingerprint density at radius 2 is 2.11 bits per heavy atom. The van der Waals surface area contributed by atoms with Gasteiger partial charge in [0.2, 0.25) is 10.0 Å². The molecule has 0 bridgehead atoms. The first-order chi connectivity index (χ1) is 8.90. The predicted octanol–water partition coefficient (Wildman–Crippen LogP) is 1.53. The van der Waals surface area contributed by atoms with Crippen molar-refractivity contribution in [1.82, 2.24) is 4.72 Å². The number of ether oxygens (including phenoxy) is 1. The molecule has 1 rings (SSSR count). The van der Waals surface area contributed by atoms with Gasteiger partial charge in [0, 0.05) is 25.4 Å². The first kappa shape index (κ1) is 15.9. The third kappa shape index (κ3) is 4.49. The number of sulfonamides is 1. The van der Waals surface area contributed by atoms with Crippen molar-refractivity contribution in [3.63, 3.8) is 0 Å². The Labute approximate surface area is 115 Å². The van der Waals surface area contributed by atoms with Crippen molar-refractivity contribution in [2.75, 3.05) is 19.5 Å². The number of hydrogen-bond acceptors (Lipinski definition) is 4. The normalized spacial score (nSPS) is 13.4. The molecule has 1 unspecified atom stereocenters.